The Balaban J connectivity index is 2.07. The molecule has 0 saturated carbocycles. The molecular formula is C12H13N3O. The number of H-pyrrole nitrogens is 1. The van der Waals surface area contributed by atoms with Crippen molar-refractivity contribution in [1.82, 2.24) is 10.2 Å². The lowest BCUT2D eigenvalue weighted by Gasteiger charge is -2.09. The van der Waals surface area contributed by atoms with E-state index in [0.717, 1.165) is 23.3 Å². The minimum atomic E-state index is 0.114. The minimum absolute atomic E-state index is 0.114. The number of nitrogens with two attached hydrogens (primary N) is 1. The topological polar surface area (TPSA) is 63.9 Å². The Hall–Kier alpha value is -1.81. The smallest absolute Gasteiger partial charge is 0.131 e. The van der Waals surface area contributed by atoms with Gasteiger partial charge in [-0.1, -0.05) is 18.2 Å². The van der Waals surface area contributed by atoms with Gasteiger partial charge >= 0.3 is 0 Å². The van der Waals surface area contributed by atoms with Crippen molar-refractivity contribution >= 4 is 0 Å². The van der Waals surface area contributed by atoms with Crippen molar-refractivity contribution in [2.45, 2.75) is 12.5 Å². The fourth-order valence-corrected chi connectivity index (χ4v) is 2.10. The highest BCUT2D eigenvalue weighted by Crippen LogP contribution is 2.38. The first-order chi connectivity index (χ1) is 7.88. The number of nitrogens with one attached hydrogen (secondary N) is 1. The Kier molecular flexibility index (Phi) is 2.15. The second-order valence-electron chi connectivity index (χ2n) is 3.96. The summed E-state index contributed by atoms with van der Waals surface area (Å²) < 4.78 is 5.84. The van der Waals surface area contributed by atoms with Crippen LogP contribution in [0.5, 0.6) is 5.75 Å². The second-order valence-corrected chi connectivity index (χ2v) is 3.96. The first-order valence-electron chi connectivity index (χ1n) is 5.36. The molecule has 0 spiro atoms. The van der Waals surface area contributed by atoms with E-state index in [2.05, 4.69) is 16.3 Å². The number of hydrogen-bond acceptors (Lipinski definition) is 3. The summed E-state index contributed by atoms with van der Waals surface area (Å²) in [6, 6.07) is 6.18. The number of fused-ring (bicyclic) bond motifs is 1. The van der Waals surface area contributed by atoms with E-state index in [0.29, 0.717) is 6.54 Å². The molecule has 1 atom stereocenters. The van der Waals surface area contributed by atoms with Gasteiger partial charge in [0, 0.05) is 30.3 Å². The van der Waals surface area contributed by atoms with Crippen LogP contribution in [-0.2, 0) is 6.42 Å². The monoisotopic (exact) mass is 215 g/mol. The Morgan fingerprint density at radius 2 is 2.44 bits per heavy atom. The van der Waals surface area contributed by atoms with E-state index in [1.807, 2.05) is 18.3 Å². The number of benzene rings is 1. The van der Waals surface area contributed by atoms with Crippen LogP contribution in [0.25, 0.3) is 11.1 Å². The first kappa shape index (κ1) is 9.42. The van der Waals surface area contributed by atoms with E-state index in [4.69, 9.17) is 10.5 Å². The molecular weight excluding hydrogens is 202 g/mol. The molecule has 4 nitrogen and oxygen atoms in total. The molecule has 0 fully saturated rings. The van der Waals surface area contributed by atoms with Crippen molar-refractivity contribution in [3.63, 3.8) is 0 Å². The lowest BCUT2D eigenvalue weighted by atomic mass is 10.0. The summed E-state index contributed by atoms with van der Waals surface area (Å²) in [5.74, 6) is 0.958. The number of aromatic amines is 1. The van der Waals surface area contributed by atoms with Crippen LogP contribution >= 0.6 is 0 Å². The summed E-state index contributed by atoms with van der Waals surface area (Å²) in [5, 5.41) is 6.77. The summed E-state index contributed by atoms with van der Waals surface area (Å²) in [6.07, 6.45) is 4.68. The minimum Gasteiger partial charge on any atom is -0.488 e. The van der Waals surface area contributed by atoms with Crippen LogP contribution in [0, 0.1) is 0 Å². The fourth-order valence-electron chi connectivity index (χ4n) is 2.10. The molecule has 3 N–H and O–H groups in total. The maximum Gasteiger partial charge on any atom is 0.131 e. The molecule has 0 amide bonds. The number of para-hydroxylation sites is 1. The summed E-state index contributed by atoms with van der Waals surface area (Å²) in [5.41, 5.74) is 9.00. The standard InChI is InChI=1S/C12H13N3O/c13-5-10-4-8-2-1-3-11(12(8)16-10)9-6-14-15-7-9/h1-3,6-7,10H,4-5,13H2,(H,14,15)/t10-/m1/s1. The number of ether oxygens (including phenoxy) is 1. The van der Waals surface area contributed by atoms with Crippen LogP contribution in [0.1, 0.15) is 5.56 Å². The molecule has 1 aliphatic rings. The van der Waals surface area contributed by atoms with Crippen LogP contribution in [0.3, 0.4) is 0 Å². The quantitative estimate of drug-likeness (QED) is 0.794. The van der Waals surface area contributed by atoms with E-state index in [1.165, 1.54) is 5.56 Å². The first-order valence-corrected chi connectivity index (χ1v) is 5.36. The van der Waals surface area contributed by atoms with Gasteiger partial charge in [0.25, 0.3) is 0 Å². The third-order valence-electron chi connectivity index (χ3n) is 2.90. The van der Waals surface area contributed by atoms with E-state index in [-0.39, 0.29) is 6.10 Å². The average Bonchev–Trinajstić information content (AvgIpc) is 2.97. The molecule has 4 heteroatoms. The second kappa shape index (κ2) is 3.64. The maximum absolute atomic E-state index is 5.84. The summed E-state index contributed by atoms with van der Waals surface area (Å²) in [6.45, 7) is 0.555. The van der Waals surface area contributed by atoms with E-state index in [9.17, 15) is 0 Å². The average molecular weight is 215 g/mol. The molecule has 0 saturated heterocycles. The van der Waals surface area contributed by atoms with Crippen molar-refractivity contribution in [3.8, 4) is 16.9 Å². The van der Waals surface area contributed by atoms with Gasteiger partial charge in [-0.25, -0.2) is 0 Å². The Morgan fingerprint density at radius 1 is 1.50 bits per heavy atom. The molecule has 0 radical (unpaired) electrons. The van der Waals surface area contributed by atoms with E-state index < -0.39 is 0 Å². The highest BCUT2D eigenvalue weighted by atomic mass is 16.5. The highest BCUT2D eigenvalue weighted by molar-refractivity contribution is 5.71. The molecule has 0 aliphatic carbocycles. The number of rotatable bonds is 2. The number of hydrogen-bond donors (Lipinski definition) is 2. The number of aromatic nitrogens is 2. The van der Waals surface area contributed by atoms with Crippen molar-refractivity contribution in [3.05, 3.63) is 36.2 Å². The van der Waals surface area contributed by atoms with Crippen LogP contribution in [0.2, 0.25) is 0 Å². The largest absolute Gasteiger partial charge is 0.488 e. The van der Waals surface area contributed by atoms with Gasteiger partial charge in [-0.3, -0.25) is 5.10 Å². The lowest BCUT2D eigenvalue weighted by molar-refractivity contribution is 0.242. The molecule has 16 heavy (non-hydrogen) atoms. The lowest BCUT2D eigenvalue weighted by Crippen LogP contribution is -2.24. The van der Waals surface area contributed by atoms with Crippen molar-refractivity contribution < 1.29 is 4.74 Å². The molecule has 1 aromatic heterocycles. The van der Waals surface area contributed by atoms with Crippen LogP contribution < -0.4 is 10.5 Å². The van der Waals surface area contributed by atoms with Crippen LogP contribution in [-0.4, -0.2) is 22.8 Å². The van der Waals surface area contributed by atoms with Crippen molar-refractivity contribution in [2.75, 3.05) is 6.54 Å². The Bertz CT molecular complexity index is 493. The summed E-state index contributed by atoms with van der Waals surface area (Å²) in [7, 11) is 0. The number of nitrogens with zero attached hydrogens (tertiary/aromatic N) is 1. The normalized spacial score (nSPS) is 18.2. The molecule has 2 aromatic rings. The molecule has 82 valence electrons. The molecule has 2 heterocycles. The fraction of sp³-hybridized carbons (Fsp3) is 0.250. The zero-order valence-electron chi connectivity index (χ0n) is 8.81. The third kappa shape index (κ3) is 1.39. The zero-order valence-corrected chi connectivity index (χ0v) is 8.81. The Labute approximate surface area is 93.4 Å². The SMILES string of the molecule is NC[C@H]1Cc2cccc(-c3cn[nH]c3)c2O1. The van der Waals surface area contributed by atoms with Gasteiger partial charge in [-0.05, 0) is 5.56 Å². The molecule has 0 unspecified atom stereocenters. The molecule has 3 rings (SSSR count). The van der Waals surface area contributed by atoms with Gasteiger partial charge in [0.15, 0.2) is 0 Å². The van der Waals surface area contributed by atoms with Gasteiger partial charge in [0.2, 0.25) is 0 Å². The summed E-state index contributed by atoms with van der Waals surface area (Å²) in [4.78, 5) is 0. The maximum atomic E-state index is 5.84. The van der Waals surface area contributed by atoms with Crippen molar-refractivity contribution in [2.24, 2.45) is 5.73 Å². The van der Waals surface area contributed by atoms with E-state index in [1.54, 1.807) is 6.20 Å². The van der Waals surface area contributed by atoms with Gasteiger partial charge in [0.05, 0.1) is 6.20 Å². The summed E-state index contributed by atoms with van der Waals surface area (Å²) >= 11 is 0. The predicted molar refractivity (Wildman–Crippen MR) is 61.2 cm³/mol. The van der Waals surface area contributed by atoms with Gasteiger partial charge in [-0.2, -0.15) is 5.10 Å². The van der Waals surface area contributed by atoms with Crippen molar-refractivity contribution in [1.29, 1.82) is 0 Å². The van der Waals surface area contributed by atoms with Gasteiger partial charge in [0.1, 0.15) is 11.9 Å². The van der Waals surface area contributed by atoms with Gasteiger partial charge < -0.3 is 10.5 Å². The Morgan fingerprint density at radius 3 is 3.19 bits per heavy atom. The highest BCUT2D eigenvalue weighted by Gasteiger charge is 2.24. The molecule has 0 bridgehead atoms. The van der Waals surface area contributed by atoms with Gasteiger partial charge in [-0.15, -0.1) is 0 Å². The van der Waals surface area contributed by atoms with E-state index >= 15 is 0 Å². The van der Waals surface area contributed by atoms with Crippen LogP contribution in [0.4, 0.5) is 0 Å². The predicted octanol–water partition coefficient (Wildman–Crippen LogP) is 1.34. The van der Waals surface area contributed by atoms with Crippen LogP contribution in [0.15, 0.2) is 30.6 Å². The molecule has 1 aliphatic heterocycles. The molecule has 1 aromatic carbocycles. The zero-order chi connectivity index (χ0) is 11.0. The third-order valence-corrected chi connectivity index (χ3v) is 2.90.